The summed E-state index contributed by atoms with van der Waals surface area (Å²) in [6, 6.07) is 10.6. The number of alkyl halides is 3. The lowest BCUT2D eigenvalue weighted by molar-refractivity contribution is -0.385. The number of ether oxygens (including phenoxy) is 2. The summed E-state index contributed by atoms with van der Waals surface area (Å²) in [5.41, 5.74) is -1.15. The first-order chi connectivity index (χ1) is 16.0. The van der Waals surface area contributed by atoms with E-state index in [1.165, 1.54) is 37.4 Å². The molecule has 178 valence electrons. The molecule has 0 atom stereocenters. The third-order valence-corrected chi connectivity index (χ3v) is 4.82. The number of hydrogen-bond acceptors (Lipinski definition) is 7. The van der Waals surface area contributed by atoms with Crippen LogP contribution in [0.2, 0.25) is 5.02 Å². The first kappa shape index (κ1) is 24.6. The van der Waals surface area contributed by atoms with E-state index < -0.39 is 33.0 Å². The molecular weight excluding hydrogens is 483 g/mol. The average Bonchev–Trinajstić information content (AvgIpc) is 2.78. The highest BCUT2D eigenvalue weighted by atomic mass is 35.5. The van der Waals surface area contributed by atoms with Gasteiger partial charge in [-0.3, -0.25) is 20.2 Å². The molecule has 0 aliphatic heterocycles. The fraction of sp³-hybridized carbons (Fsp3) is 0.143. The second kappa shape index (κ2) is 9.83. The Morgan fingerprint density at radius 3 is 2.35 bits per heavy atom. The maximum absolute atomic E-state index is 12.9. The molecule has 0 fully saturated rings. The van der Waals surface area contributed by atoms with Crippen molar-refractivity contribution in [3.8, 4) is 17.2 Å². The third kappa shape index (κ3) is 5.64. The predicted octanol–water partition coefficient (Wildman–Crippen LogP) is 6.59. The minimum Gasteiger partial charge on any atom is -0.493 e. The zero-order valence-corrected chi connectivity index (χ0v) is 18.0. The molecule has 0 bridgehead atoms. The summed E-state index contributed by atoms with van der Waals surface area (Å²) in [6.07, 6.45) is -4.77. The molecule has 3 aromatic carbocycles. The smallest absolute Gasteiger partial charge is 0.416 e. The normalized spacial score (nSPS) is 11.1. The number of non-ortho nitro benzene ring substituents is 1. The largest absolute Gasteiger partial charge is 0.493 e. The molecule has 0 saturated carbocycles. The highest BCUT2D eigenvalue weighted by Crippen LogP contribution is 2.43. The Labute approximate surface area is 195 Å². The van der Waals surface area contributed by atoms with E-state index in [-0.39, 0.29) is 28.8 Å². The van der Waals surface area contributed by atoms with E-state index in [1.807, 2.05) is 0 Å². The van der Waals surface area contributed by atoms with Crippen molar-refractivity contribution in [3.05, 3.63) is 91.0 Å². The summed E-state index contributed by atoms with van der Waals surface area (Å²) in [5, 5.41) is 25.2. The number of nitro benzene ring substituents is 2. The Hall–Kier alpha value is -4.06. The third-order valence-electron chi connectivity index (χ3n) is 4.54. The molecule has 0 aliphatic rings. The maximum atomic E-state index is 12.9. The highest BCUT2D eigenvalue weighted by Gasteiger charge is 2.33. The van der Waals surface area contributed by atoms with E-state index in [9.17, 15) is 33.4 Å². The predicted molar refractivity (Wildman–Crippen MR) is 117 cm³/mol. The van der Waals surface area contributed by atoms with Gasteiger partial charge in [-0.15, -0.1) is 0 Å². The van der Waals surface area contributed by atoms with Crippen LogP contribution in [0.1, 0.15) is 11.1 Å². The van der Waals surface area contributed by atoms with Gasteiger partial charge >= 0.3 is 11.9 Å². The molecule has 3 rings (SSSR count). The van der Waals surface area contributed by atoms with Gasteiger partial charge in [0.25, 0.3) is 5.69 Å². The van der Waals surface area contributed by atoms with Gasteiger partial charge in [-0.1, -0.05) is 17.7 Å². The molecule has 0 aromatic heterocycles. The molecule has 0 saturated heterocycles. The molecule has 1 N–H and O–H groups in total. The summed E-state index contributed by atoms with van der Waals surface area (Å²) < 4.78 is 49.5. The molecule has 0 heterocycles. The first-order valence-corrected chi connectivity index (χ1v) is 9.75. The van der Waals surface area contributed by atoms with Crippen LogP contribution in [0.5, 0.6) is 17.2 Å². The standard InChI is InChI=1S/C21H15ClF3N3O6/c1-33-19-8-12(11-26-14-3-2-4-15(10-14)27(29)30)7-16(22)20(19)34-18-6-5-13(21(23,24)25)9-17(18)28(31)32/h2-10,26H,11H2,1H3. The van der Waals surface area contributed by atoms with Crippen LogP contribution in [0.4, 0.5) is 30.2 Å². The Bertz CT molecular complexity index is 1250. The van der Waals surface area contributed by atoms with Crippen LogP contribution in [-0.2, 0) is 12.7 Å². The van der Waals surface area contributed by atoms with Crippen LogP contribution in [0.25, 0.3) is 0 Å². The van der Waals surface area contributed by atoms with Crippen molar-refractivity contribution in [2.75, 3.05) is 12.4 Å². The van der Waals surface area contributed by atoms with Crippen LogP contribution in [0.15, 0.2) is 54.6 Å². The van der Waals surface area contributed by atoms with Crippen molar-refractivity contribution in [3.63, 3.8) is 0 Å². The van der Waals surface area contributed by atoms with Gasteiger partial charge in [0.15, 0.2) is 11.5 Å². The van der Waals surface area contributed by atoms with Crippen molar-refractivity contribution < 1.29 is 32.5 Å². The van der Waals surface area contributed by atoms with Gasteiger partial charge in [-0.2, -0.15) is 13.2 Å². The Morgan fingerprint density at radius 1 is 1.00 bits per heavy atom. The topological polar surface area (TPSA) is 117 Å². The van der Waals surface area contributed by atoms with E-state index in [2.05, 4.69) is 5.32 Å². The second-order valence-corrected chi connectivity index (χ2v) is 7.22. The number of nitrogens with one attached hydrogen (secondary N) is 1. The summed E-state index contributed by atoms with van der Waals surface area (Å²) in [5.74, 6) is -0.524. The molecule has 0 aliphatic carbocycles. The first-order valence-electron chi connectivity index (χ1n) is 9.38. The van der Waals surface area contributed by atoms with Crippen LogP contribution < -0.4 is 14.8 Å². The lowest BCUT2D eigenvalue weighted by Crippen LogP contribution is -2.06. The zero-order chi connectivity index (χ0) is 25.0. The Balaban J connectivity index is 1.88. The van der Waals surface area contributed by atoms with Gasteiger partial charge in [-0.05, 0) is 35.9 Å². The van der Waals surface area contributed by atoms with Crippen LogP contribution >= 0.6 is 11.6 Å². The van der Waals surface area contributed by atoms with Crippen molar-refractivity contribution in [1.29, 1.82) is 0 Å². The lowest BCUT2D eigenvalue weighted by atomic mass is 10.1. The van der Waals surface area contributed by atoms with E-state index in [0.717, 1.165) is 6.07 Å². The number of nitro groups is 2. The van der Waals surface area contributed by atoms with Crippen LogP contribution in [0.3, 0.4) is 0 Å². The minimum absolute atomic E-state index is 0.0237. The minimum atomic E-state index is -4.77. The quantitative estimate of drug-likeness (QED) is 0.275. The zero-order valence-electron chi connectivity index (χ0n) is 17.3. The summed E-state index contributed by atoms with van der Waals surface area (Å²) in [7, 11) is 1.29. The number of hydrogen-bond donors (Lipinski definition) is 1. The molecule has 9 nitrogen and oxygen atoms in total. The fourth-order valence-electron chi connectivity index (χ4n) is 2.94. The van der Waals surface area contributed by atoms with Gasteiger partial charge < -0.3 is 14.8 Å². The van der Waals surface area contributed by atoms with Crippen LogP contribution in [-0.4, -0.2) is 17.0 Å². The number of methoxy groups -OCH3 is 1. The Kier molecular flexibility index (Phi) is 7.11. The van der Waals surface area contributed by atoms with Crippen molar-refractivity contribution in [1.82, 2.24) is 0 Å². The van der Waals surface area contributed by atoms with E-state index >= 15 is 0 Å². The van der Waals surface area contributed by atoms with Crippen molar-refractivity contribution in [2.24, 2.45) is 0 Å². The van der Waals surface area contributed by atoms with Gasteiger partial charge in [0.05, 0.1) is 27.5 Å². The van der Waals surface area contributed by atoms with Crippen molar-refractivity contribution >= 4 is 28.7 Å². The lowest BCUT2D eigenvalue weighted by Gasteiger charge is -2.15. The van der Waals surface area contributed by atoms with E-state index in [0.29, 0.717) is 23.4 Å². The number of rotatable bonds is 8. The van der Waals surface area contributed by atoms with Gasteiger partial charge in [-0.25, -0.2) is 0 Å². The summed E-state index contributed by atoms with van der Waals surface area (Å²) in [6.45, 7) is 0.179. The SMILES string of the molecule is COc1cc(CNc2cccc([N+](=O)[O-])c2)cc(Cl)c1Oc1ccc(C(F)(F)F)cc1[N+](=O)[O-]. The molecule has 0 spiro atoms. The van der Waals surface area contributed by atoms with E-state index in [1.54, 1.807) is 6.07 Å². The number of halogens is 4. The molecule has 0 unspecified atom stereocenters. The molecule has 0 amide bonds. The highest BCUT2D eigenvalue weighted by molar-refractivity contribution is 6.32. The summed E-state index contributed by atoms with van der Waals surface area (Å²) >= 11 is 6.28. The second-order valence-electron chi connectivity index (χ2n) is 6.81. The van der Waals surface area contributed by atoms with Crippen LogP contribution in [0, 0.1) is 20.2 Å². The van der Waals surface area contributed by atoms with Crippen molar-refractivity contribution in [2.45, 2.75) is 12.7 Å². The van der Waals surface area contributed by atoms with Gasteiger partial charge in [0.1, 0.15) is 0 Å². The fourth-order valence-corrected chi connectivity index (χ4v) is 3.21. The average molecular weight is 498 g/mol. The van der Waals surface area contributed by atoms with Gasteiger partial charge in [0, 0.05) is 30.4 Å². The number of nitrogens with zero attached hydrogens (tertiary/aromatic N) is 2. The maximum Gasteiger partial charge on any atom is 0.416 e. The molecular formula is C21H15ClF3N3O6. The Morgan fingerprint density at radius 2 is 1.74 bits per heavy atom. The monoisotopic (exact) mass is 497 g/mol. The molecule has 3 aromatic rings. The summed E-state index contributed by atoms with van der Waals surface area (Å²) in [4.78, 5) is 20.7. The molecule has 34 heavy (non-hydrogen) atoms. The number of benzene rings is 3. The molecule has 13 heteroatoms. The van der Waals surface area contributed by atoms with Gasteiger partial charge in [0.2, 0.25) is 5.75 Å². The molecule has 0 radical (unpaired) electrons. The van der Waals surface area contributed by atoms with E-state index in [4.69, 9.17) is 21.1 Å². The number of anilines is 1.